The molecule has 2 heteroatoms. The molecular weight excluding hydrogens is 196 g/mol. The number of aromatic nitrogens is 2. The summed E-state index contributed by atoms with van der Waals surface area (Å²) in [4.78, 5) is 0. The summed E-state index contributed by atoms with van der Waals surface area (Å²) in [5.74, 6) is 1.27. The maximum absolute atomic E-state index is 2.32. The van der Waals surface area contributed by atoms with Crippen LogP contribution in [-0.4, -0.2) is 4.57 Å². The Morgan fingerprint density at radius 2 is 1.62 bits per heavy atom. The summed E-state index contributed by atoms with van der Waals surface area (Å²) < 4.78 is 4.56. The van der Waals surface area contributed by atoms with Gasteiger partial charge in [-0.2, -0.15) is 4.57 Å². The monoisotopic (exact) mass is 215 g/mol. The van der Waals surface area contributed by atoms with Gasteiger partial charge >= 0.3 is 0 Å². The minimum Gasteiger partial charge on any atom is -0.234 e. The molecule has 1 aromatic carbocycles. The lowest BCUT2D eigenvalue weighted by Crippen LogP contribution is -2.33. The highest BCUT2D eigenvalue weighted by atomic mass is 15.2. The second kappa shape index (κ2) is 3.78. The van der Waals surface area contributed by atoms with Crippen LogP contribution in [0.5, 0.6) is 0 Å². The lowest BCUT2D eigenvalue weighted by molar-refractivity contribution is -0.683. The number of hydrogen-bond acceptors (Lipinski definition) is 0. The van der Waals surface area contributed by atoms with E-state index in [2.05, 4.69) is 68.1 Å². The Morgan fingerprint density at radius 1 is 1.00 bits per heavy atom. The van der Waals surface area contributed by atoms with E-state index in [0.29, 0.717) is 0 Å². The summed E-state index contributed by atoms with van der Waals surface area (Å²) in [6.45, 7) is 8.65. The van der Waals surface area contributed by atoms with E-state index >= 15 is 0 Å². The highest BCUT2D eigenvalue weighted by Gasteiger charge is 2.21. The highest BCUT2D eigenvalue weighted by Crippen LogP contribution is 2.18. The third kappa shape index (κ3) is 1.45. The van der Waals surface area contributed by atoms with E-state index in [1.54, 1.807) is 0 Å². The summed E-state index contributed by atoms with van der Waals surface area (Å²) in [6.07, 6.45) is 0. The lowest BCUT2D eigenvalue weighted by atomic mass is 10.2. The van der Waals surface area contributed by atoms with E-state index in [4.69, 9.17) is 0 Å². The Morgan fingerprint density at radius 3 is 2.12 bits per heavy atom. The molecule has 0 aliphatic rings. The molecule has 0 radical (unpaired) electrons. The third-order valence-corrected chi connectivity index (χ3v) is 3.53. The van der Waals surface area contributed by atoms with Crippen LogP contribution in [0.3, 0.4) is 0 Å². The van der Waals surface area contributed by atoms with Gasteiger partial charge in [-0.1, -0.05) is 18.2 Å². The third-order valence-electron chi connectivity index (χ3n) is 3.53. The molecule has 0 atom stereocenters. The van der Waals surface area contributed by atoms with Crippen molar-refractivity contribution in [2.75, 3.05) is 0 Å². The van der Waals surface area contributed by atoms with Crippen LogP contribution in [0.15, 0.2) is 24.3 Å². The molecule has 0 aliphatic heterocycles. The van der Waals surface area contributed by atoms with Gasteiger partial charge in [-0.3, -0.25) is 0 Å². The van der Waals surface area contributed by atoms with Crippen LogP contribution < -0.4 is 4.57 Å². The van der Waals surface area contributed by atoms with Crippen molar-refractivity contribution >= 4 is 0 Å². The van der Waals surface area contributed by atoms with Gasteiger partial charge in [-0.25, -0.2) is 4.57 Å². The van der Waals surface area contributed by atoms with Crippen molar-refractivity contribution in [3.05, 3.63) is 47.0 Å². The fourth-order valence-corrected chi connectivity index (χ4v) is 2.21. The van der Waals surface area contributed by atoms with E-state index in [0.717, 1.165) is 0 Å². The Hall–Kier alpha value is -1.57. The Kier molecular flexibility index (Phi) is 2.58. The fourth-order valence-electron chi connectivity index (χ4n) is 2.21. The standard InChI is InChI=1S/C14H19N2/c1-10-8-6-7-9-14(10)16-12(3)11(2)15(5)13(16)4/h6-9H,1-5H3/q+1. The maximum Gasteiger partial charge on any atom is 0.258 e. The minimum absolute atomic E-state index is 1.27. The average molecular weight is 215 g/mol. The summed E-state index contributed by atoms with van der Waals surface area (Å²) in [6, 6.07) is 8.51. The number of imidazole rings is 1. The van der Waals surface area contributed by atoms with Gasteiger partial charge < -0.3 is 0 Å². The molecule has 2 nitrogen and oxygen atoms in total. The topological polar surface area (TPSA) is 8.81 Å². The summed E-state index contributed by atoms with van der Waals surface area (Å²) in [5.41, 5.74) is 5.22. The SMILES string of the molecule is Cc1ccccc1-n1c(C)c(C)[n+](C)c1C. The average Bonchev–Trinajstić information content (AvgIpc) is 2.45. The first-order chi connectivity index (χ1) is 7.54. The fraction of sp³-hybridized carbons (Fsp3) is 0.357. The molecule has 0 saturated carbocycles. The molecule has 1 aromatic heterocycles. The zero-order valence-electron chi connectivity index (χ0n) is 10.7. The van der Waals surface area contributed by atoms with E-state index in [9.17, 15) is 0 Å². The smallest absolute Gasteiger partial charge is 0.234 e. The molecule has 2 rings (SSSR count). The summed E-state index contributed by atoms with van der Waals surface area (Å²) in [7, 11) is 2.12. The van der Waals surface area contributed by atoms with Gasteiger partial charge in [0.2, 0.25) is 0 Å². The molecule has 16 heavy (non-hydrogen) atoms. The Balaban J connectivity index is 2.75. The predicted octanol–water partition coefficient (Wildman–Crippen LogP) is 2.54. The molecule has 0 spiro atoms. The van der Waals surface area contributed by atoms with Gasteiger partial charge in [0, 0.05) is 20.8 Å². The quantitative estimate of drug-likeness (QED) is 0.646. The van der Waals surface area contributed by atoms with Crippen LogP contribution in [0.2, 0.25) is 0 Å². The Labute approximate surface area is 97.2 Å². The zero-order valence-corrected chi connectivity index (χ0v) is 10.7. The van der Waals surface area contributed by atoms with Crippen molar-refractivity contribution in [2.24, 2.45) is 7.05 Å². The first kappa shape index (κ1) is 10.9. The maximum atomic E-state index is 2.32. The van der Waals surface area contributed by atoms with E-state index in [1.165, 1.54) is 28.5 Å². The number of nitrogens with zero attached hydrogens (tertiary/aromatic N) is 2. The molecule has 0 aliphatic carbocycles. The van der Waals surface area contributed by atoms with Crippen LogP contribution in [0, 0.1) is 27.7 Å². The van der Waals surface area contributed by atoms with Crippen LogP contribution in [0.4, 0.5) is 0 Å². The Bertz CT molecular complexity index is 510. The molecule has 0 N–H and O–H groups in total. The van der Waals surface area contributed by atoms with Crippen LogP contribution in [0.1, 0.15) is 22.8 Å². The normalized spacial score (nSPS) is 10.8. The number of rotatable bonds is 1. The number of hydrogen-bond donors (Lipinski definition) is 0. The van der Waals surface area contributed by atoms with E-state index in [-0.39, 0.29) is 0 Å². The van der Waals surface area contributed by atoms with Crippen LogP contribution in [0.25, 0.3) is 5.69 Å². The second-order valence-corrected chi connectivity index (χ2v) is 4.40. The molecule has 0 unspecified atom stereocenters. The second-order valence-electron chi connectivity index (χ2n) is 4.40. The van der Waals surface area contributed by atoms with Crippen molar-refractivity contribution in [1.29, 1.82) is 0 Å². The molecule has 0 amide bonds. The largest absolute Gasteiger partial charge is 0.258 e. The van der Waals surface area contributed by atoms with Crippen LogP contribution in [-0.2, 0) is 7.05 Å². The van der Waals surface area contributed by atoms with Gasteiger partial charge in [-0.05, 0) is 18.6 Å². The van der Waals surface area contributed by atoms with E-state index < -0.39 is 0 Å². The van der Waals surface area contributed by atoms with Crippen molar-refractivity contribution in [1.82, 2.24) is 4.57 Å². The zero-order chi connectivity index (χ0) is 11.9. The number of benzene rings is 1. The molecule has 84 valence electrons. The first-order valence-corrected chi connectivity index (χ1v) is 5.64. The first-order valence-electron chi connectivity index (χ1n) is 5.64. The van der Waals surface area contributed by atoms with Crippen molar-refractivity contribution < 1.29 is 4.57 Å². The molecule has 0 fully saturated rings. The van der Waals surface area contributed by atoms with E-state index in [1.807, 2.05) is 0 Å². The highest BCUT2D eigenvalue weighted by molar-refractivity contribution is 5.42. The molecule has 2 aromatic rings. The van der Waals surface area contributed by atoms with Crippen molar-refractivity contribution in [3.63, 3.8) is 0 Å². The van der Waals surface area contributed by atoms with Crippen molar-refractivity contribution in [3.8, 4) is 5.69 Å². The summed E-state index contributed by atoms with van der Waals surface area (Å²) >= 11 is 0. The van der Waals surface area contributed by atoms with Gasteiger partial charge in [0.05, 0.1) is 7.05 Å². The van der Waals surface area contributed by atoms with Gasteiger partial charge in [0.15, 0.2) is 0 Å². The molecule has 0 bridgehead atoms. The summed E-state index contributed by atoms with van der Waals surface area (Å²) in [5, 5.41) is 0. The number of para-hydroxylation sites is 1. The minimum atomic E-state index is 1.27. The molecule has 0 saturated heterocycles. The van der Waals surface area contributed by atoms with Gasteiger partial charge in [-0.15, -0.1) is 0 Å². The lowest BCUT2D eigenvalue weighted by Gasteiger charge is -2.03. The van der Waals surface area contributed by atoms with Gasteiger partial charge in [0.1, 0.15) is 17.1 Å². The van der Waals surface area contributed by atoms with Gasteiger partial charge in [0.25, 0.3) is 5.82 Å². The predicted molar refractivity (Wildman–Crippen MR) is 65.9 cm³/mol. The van der Waals surface area contributed by atoms with Crippen LogP contribution >= 0.6 is 0 Å². The van der Waals surface area contributed by atoms with Crippen molar-refractivity contribution in [2.45, 2.75) is 27.7 Å². The molecule has 1 heterocycles. The number of aryl methyl sites for hydroxylation is 1. The molecular formula is C14H19N2+.